The standard InChI is InChI=1S/C12H13BrClN3S/c1-7(2)15-6-11-16-17-12(18-11)9-4-3-8(14)5-10(9)13/h3-5,7,15H,6H2,1-2H3. The Kier molecular flexibility index (Phi) is 4.72. The zero-order valence-electron chi connectivity index (χ0n) is 10.1. The monoisotopic (exact) mass is 345 g/mol. The summed E-state index contributed by atoms with van der Waals surface area (Å²) in [6.07, 6.45) is 0. The fourth-order valence-corrected chi connectivity index (χ4v) is 3.22. The van der Waals surface area contributed by atoms with Crippen LogP contribution in [-0.4, -0.2) is 16.2 Å². The fourth-order valence-electron chi connectivity index (χ4n) is 1.39. The van der Waals surface area contributed by atoms with Crippen molar-refractivity contribution in [2.45, 2.75) is 26.4 Å². The predicted molar refractivity (Wildman–Crippen MR) is 80.0 cm³/mol. The van der Waals surface area contributed by atoms with Crippen molar-refractivity contribution in [3.63, 3.8) is 0 Å². The molecular weight excluding hydrogens is 334 g/mol. The highest BCUT2D eigenvalue weighted by atomic mass is 79.9. The lowest BCUT2D eigenvalue weighted by Gasteiger charge is -2.03. The van der Waals surface area contributed by atoms with Crippen LogP contribution in [0.3, 0.4) is 0 Å². The van der Waals surface area contributed by atoms with E-state index in [1.54, 1.807) is 11.3 Å². The molecule has 1 aromatic carbocycles. The molecule has 0 bridgehead atoms. The highest BCUT2D eigenvalue weighted by Gasteiger charge is 2.10. The molecule has 1 N–H and O–H groups in total. The molecule has 0 saturated heterocycles. The Bertz CT molecular complexity index is 542. The summed E-state index contributed by atoms with van der Waals surface area (Å²) in [5.74, 6) is 0. The van der Waals surface area contributed by atoms with Crippen LogP contribution in [0.25, 0.3) is 10.6 Å². The highest BCUT2D eigenvalue weighted by Crippen LogP contribution is 2.32. The lowest BCUT2D eigenvalue weighted by atomic mass is 10.2. The van der Waals surface area contributed by atoms with Crippen LogP contribution < -0.4 is 5.32 Å². The maximum absolute atomic E-state index is 5.92. The third-order valence-electron chi connectivity index (χ3n) is 2.29. The van der Waals surface area contributed by atoms with Crippen LogP contribution in [0.1, 0.15) is 18.9 Å². The van der Waals surface area contributed by atoms with Crippen LogP contribution in [0.4, 0.5) is 0 Å². The molecule has 0 atom stereocenters. The Balaban J connectivity index is 2.18. The van der Waals surface area contributed by atoms with E-state index in [1.807, 2.05) is 18.2 Å². The number of halogens is 2. The molecule has 0 amide bonds. The van der Waals surface area contributed by atoms with Gasteiger partial charge in [0.05, 0.1) is 0 Å². The second-order valence-corrected chi connectivity index (χ2v) is 6.51. The lowest BCUT2D eigenvalue weighted by molar-refractivity contribution is 0.585. The van der Waals surface area contributed by atoms with Crippen molar-refractivity contribution in [2.24, 2.45) is 0 Å². The Morgan fingerprint density at radius 1 is 1.39 bits per heavy atom. The van der Waals surface area contributed by atoms with Crippen LogP contribution in [0.15, 0.2) is 22.7 Å². The second kappa shape index (κ2) is 6.10. The molecule has 0 radical (unpaired) electrons. The van der Waals surface area contributed by atoms with Gasteiger partial charge in [-0.1, -0.05) is 52.7 Å². The molecule has 6 heteroatoms. The number of rotatable bonds is 4. The van der Waals surface area contributed by atoms with Crippen LogP contribution in [-0.2, 0) is 6.54 Å². The number of nitrogens with one attached hydrogen (secondary N) is 1. The van der Waals surface area contributed by atoms with Crippen molar-refractivity contribution in [2.75, 3.05) is 0 Å². The summed E-state index contributed by atoms with van der Waals surface area (Å²) in [4.78, 5) is 0. The molecule has 2 aromatic rings. The van der Waals surface area contributed by atoms with Gasteiger partial charge in [-0.15, -0.1) is 10.2 Å². The molecular formula is C12H13BrClN3S. The van der Waals surface area contributed by atoms with Crippen LogP contribution >= 0.6 is 38.9 Å². The van der Waals surface area contributed by atoms with Gasteiger partial charge in [0.1, 0.15) is 10.0 Å². The predicted octanol–water partition coefficient (Wildman–Crippen LogP) is 4.12. The van der Waals surface area contributed by atoms with Crippen LogP contribution in [0.5, 0.6) is 0 Å². The van der Waals surface area contributed by atoms with E-state index in [2.05, 4.69) is 45.3 Å². The quantitative estimate of drug-likeness (QED) is 0.905. The average molecular weight is 347 g/mol. The highest BCUT2D eigenvalue weighted by molar-refractivity contribution is 9.10. The SMILES string of the molecule is CC(C)NCc1nnc(-c2ccc(Cl)cc2Br)s1. The van der Waals surface area contributed by atoms with Gasteiger partial charge in [-0.2, -0.15) is 0 Å². The summed E-state index contributed by atoms with van der Waals surface area (Å²) < 4.78 is 0.939. The van der Waals surface area contributed by atoms with Gasteiger partial charge in [-0.05, 0) is 18.2 Å². The second-order valence-electron chi connectivity index (χ2n) is 4.16. The molecule has 1 aromatic heterocycles. The first-order valence-corrected chi connectivity index (χ1v) is 7.56. The zero-order valence-corrected chi connectivity index (χ0v) is 13.2. The van der Waals surface area contributed by atoms with Crippen LogP contribution in [0.2, 0.25) is 5.02 Å². The molecule has 0 spiro atoms. The van der Waals surface area contributed by atoms with Crippen molar-refractivity contribution >= 4 is 38.9 Å². The first kappa shape index (κ1) is 13.9. The van der Waals surface area contributed by atoms with Gasteiger partial charge in [-0.25, -0.2) is 0 Å². The van der Waals surface area contributed by atoms with E-state index >= 15 is 0 Å². The maximum atomic E-state index is 5.92. The van der Waals surface area contributed by atoms with Gasteiger partial charge in [0.15, 0.2) is 0 Å². The summed E-state index contributed by atoms with van der Waals surface area (Å²) in [6.45, 7) is 4.97. The van der Waals surface area contributed by atoms with Crippen molar-refractivity contribution in [3.8, 4) is 10.6 Å². The summed E-state index contributed by atoms with van der Waals surface area (Å²) in [7, 11) is 0. The summed E-state index contributed by atoms with van der Waals surface area (Å²) in [5.41, 5.74) is 1.02. The minimum Gasteiger partial charge on any atom is -0.308 e. The van der Waals surface area contributed by atoms with Crippen molar-refractivity contribution < 1.29 is 0 Å². The molecule has 0 aliphatic carbocycles. The topological polar surface area (TPSA) is 37.8 Å². The van der Waals surface area contributed by atoms with Crippen LogP contribution in [0, 0.1) is 0 Å². The van der Waals surface area contributed by atoms with Gasteiger partial charge in [0.2, 0.25) is 0 Å². The number of aromatic nitrogens is 2. The number of hydrogen-bond donors (Lipinski definition) is 1. The van der Waals surface area contributed by atoms with E-state index in [-0.39, 0.29) is 0 Å². The van der Waals surface area contributed by atoms with Gasteiger partial charge in [0, 0.05) is 27.6 Å². The van der Waals surface area contributed by atoms with Crippen molar-refractivity contribution in [1.82, 2.24) is 15.5 Å². The number of nitrogens with zero attached hydrogens (tertiary/aromatic N) is 2. The molecule has 3 nitrogen and oxygen atoms in total. The Morgan fingerprint density at radius 3 is 2.83 bits per heavy atom. The molecule has 18 heavy (non-hydrogen) atoms. The van der Waals surface area contributed by atoms with E-state index in [0.717, 1.165) is 26.6 Å². The normalized spacial score (nSPS) is 11.2. The maximum Gasteiger partial charge on any atom is 0.148 e. The van der Waals surface area contributed by atoms with Crippen molar-refractivity contribution in [3.05, 3.63) is 32.7 Å². The Morgan fingerprint density at radius 2 is 2.17 bits per heavy atom. The lowest BCUT2D eigenvalue weighted by Crippen LogP contribution is -2.21. The first-order valence-electron chi connectivity index (χ1n) is 5.57. The van der Waals surface area contributed by atoms with E-state index in [0.29, 0.717) is 11.1 Å². The van der Waals surface area contributed by atoms with E-state index < -0.39 is 0 Å². The van der Waals surface area contributed by atoms with Crippen molar-refractivity contribution in [1.29, 1.82) is 0 Å². The zero-order chi connectivity index (χ0) is 13.1. The summed E-state index contributed by atoms with van der Waals surface area (Å²) >= 11 is 11.0. The molecule has 0 fully saturated rings. The third kappa shape index (κ3) is 3.51. The number of hydrogen-bond acceptors (Lipinski definition) is 4. The van der Waals surface area contributed by atoms with Gasteiger partial charge in [-0.3, -0.25) is 0 Å². The average Bonchev–Trinajstić information content (AvgIpc) is 2.75. The fraction of sp³-hybridized carbons (Fsp3) is 0.333. The third-order valence-corrected chi connectivity index (χ3v) is 4.14. The molecule has 0 aliphatic heterocycles. The Hall–Kier alpha value is -0.490. The van der Waals surface area contributed by atoms with E-state index in [9.17, 15) is 0 Å². The first-order chi connectivity index (χ1) is 8.56. The molecule has 0 saturated carbocycles. The molecule has 0 unspecified atom stereocenters. The minimum absolute atomic E-state index is 0.444. The summed E-state index contributed by atoms with van der Waals surface area (Å²) in [5, 5.41) is 14.3. The van der Waals surface area contributed by atoms with Gasteiger partial charge in [0.25, 0.3) is 0 Å². The molecule has 2 rings (SSSR count). The Labute approximate surface area is 124 Å². The smallest absolute Gasteiger partial charge is 0.148 e. The van der Waals surface area contributed by atoms with Gasteiger partial charge >= 0.3 is 0 Å². The van der Waals surface area contributed by atoms with E-state index in [1.165, 1.54) is 0 Å². The largest absolute Gasteiger partial charge is 0.308 e. The molecule has 1 heterocycles. The molecule has 96 valence electrons. The summed E-state index contributed by atoms with van der Waals surface area (Å²) in [6, 6.07) is 6.12. The number of benzene rings is 1. The minimum atomic E-state index is 0.444. The molecule has 0 aliphatic rings. The van der Waals surface area contributed by atoms with Gasteiger partial charge < -0.3 is 5.32 Å². The van der Waals surface area contributed by atoms with E-state index in [4.69, 9.17) is 11.6 Å².